The lowest BCUT2D eigenvalue weighted by atomic mass is 9.95. The van der Waals surface area contributed by atoms with Crippen LogP contribution in [-0.2, 0) is 0 Å². The Morgan fingerprint density at radius 2 is 1.87 bits per heavy atom. The minimum atomic E-state index is 0.179. The Morgan fingerprint density at radius 3 is 2.53 bits per heavy atom. The molecule has 0 bridgehead atoms. The van der Waals surface area contributed by atoms with E-state index in [1.54, 1.807) is 12.4 Å². The normalized spacial score (nSPS) is 26.3. The number of hydrogen-bond acceptors (Lipinski definition) is 3. The van der Waals surface area contributed by atoms with Crippen molar-refractivity contribution in [1.82, 2.24) is 9.97 Å². The van der Waals surface area contributed by atoms with Gasteiger partial charge in [0.1, 0.15) is 0 Å². The Bertz CT molecular complexity index is 315. The van der Waals surface area contributed by atoms with Gasteiger partial charge in [0.05, 0.1) is 22.8 Å². The predicted octanol–water partition coefficient (Wildman–Crippen LogP) is 3.09. The molecule has 2 rings (SSSR count). The third-order valence-corrected chi connectivity index (χ3v) is 3.33. The molecule has 15 heavy (non-hydrogen) atoms. The van der Waals surface area contributed by atoms with E-state index in [1.807, 2.05) is 0 Å². The number of rotatable bonds is 2. The van der Waals surface area contributed by atoms with Gasteiger partial charge in [-0.1, -0.05) is 24.4 Å². The standard InChI is InChI=1S/C10H13Cl2N3/c11-7-5-13-10(14-6-7)15-9-4-2-1-3-8(9)12/h5-6,8-9H,1-4H2,(H,13,14,15). The summed E-state index contributed by atoms with van der Waals surface area (Å²) in [6.07, 6.45) is 7.75. The van der Waals surface area contributed by atoms with Gasteiger partial charge in [-0.3, -0.25) is 0 Å². The van der Waals surface area contributed by atoms with Crippen molar-refractivity contribution in [3.63, 3.8) is 0 Å². The maximum atomic E-state index is 6.22. The average Bonchev–Trinajstić information content (AvgIpc) is 2.25. The first kappa shape index (κ1) is 11.0. The van der Waals surface area contributed by atoms with Crippen molar-refractivity contribution in [2.24, 2.45) is 0 Å². The van der Waals surface area contributed by atoms with E-state index < -0.39 is 0 Å². The first-order chi connectivity index (χ1) is 7.25. The minimum absolute atomic E-state index is 0.179. The molecule has 0 aromatic carbocycles. The molecule has 3 nitrogen and oxygen atoms in total. The number of nitrogens with one attached hydrogen (secondary N) is 1. The minimum Gasteiger partial charge on any atom is -0.350 e. The third kappa shape index (κ3) is 2.95. The van der Waals surface area contributed by atoms with Crippen LogP contribution in [0.3, 0.4) is 0 Å². The van der Waals surface area contributed by atoms with Gasteiger partial charge in [0.25, 0.3) is 0 Å². The quantitative estimate of drug-likeness (QED) is 0.815. The van der Waals surface area contributed by atoms with Crippen molar-refractivity contribution < 1.29 is 0 Å². The second kappa shape index (κ2) is 4.99. The first-order valence-corrected chi connectivity index (χ1v) is 5.95. The molecule has 1 N–H and O–H groups in total. The molecule has 0 saturated heterocycles. The third-order valence-electron chi connectivity index (χ3n) is 2.62. The van der Waals surface area contributed by atoms with Gasteiger partial charge in [-0.25, -0.2) is 9.97 Å². The number of nitrogens with zero attached hydrogens (tertiary/aromatic N) is 2. The lowest BCUT2D eigenvalue weighted by molar-refractivity contribution is 0.467. The molecule has 0 amide bonds. The average molecular weight is 246 g/mol. The van der Waals surface area contributed by atoms with Crippen molar-refractivity contribution >= 4 is 29.2 Å². The second-order valence-corrected chi connectivity index (χ2v) is 4.77. The van der Waals surface area contributed by atoms with E-state index in [0.717, 1.165) is 12.8 Å². The highest BCUT2D eigenvalue weighted by Gasteiger charge is 2.23. The summed E-state index contributed by atoms with van der Waals surface area (Å²) < 4.78 is 0. The Kier molecular flexibility index (Phi) is 3.65. The van der Waals surface area contributed by atoms with E-state index >= 15 is 0 Å². The molecule has 82 valence electrons. The lowest BCUT2D eigenvalue weighted by Gasteiger charge is -2.27. The lowest BCUT2D eigenvalue weighted by Crippen LogP contribution is -2.33. The molecular formula is C10H13Cl2N3. The van der Waals surface area contributed by atoms with Gasteiger partial charge < -0.3 is 5.32 Å². The topological polar surface area (TPSA) is 37.8 Å². The highest BCUT2D eigenvalue weighted by molar-refractivity contribution is 6.30. The molecule has 1 heterocycles. The van der Waals surface area contributed by atoms with Gasteiger partial charge >= 0.3 is 0 Å². The van der Waals surface area contributed by atoms with E-state index in [4.69, 9.17) is 23.2 Å². The van der Waals surface area contributed by atoms with Gasteiger partial charge in [0.15, 0.2) is 0 Å². The van der Waals surface area contributed by atoms with Crippen molar-refractivity contribution in [3.8, 4) is 0 Å². The SMILES string of the molecule is Clc1cnc(NC2CCCCC2Cl)nc1. The zero-order valence-electron chi connectivity index (χ0n) is 8.29. The number of hydrogen-bond donors (Lipinski definition) is 1. The van der Waals surface area contributed by atoms with Crippen molar-refractivity contribution in [2.75, 3.05) is 5.32 Å². The Balaban J connectivity index is 1.98. The van der Waals surface area contributed by atoms with E-state index in [2.05, 4.69) is 15.3 Å². The van der Waals surface area contributed by atoms with Gasteiger partial charge in [0.2, 0.25) is 5.95 Å². The highest BCUT2D eigenvalue weighted by atomic mass is 35.5. The summed E-state index contributed by atoms with van der Waals surface area (Å²) in [6.45, 7) is 0. The molecule has 5 heteroatoms. The summed E-state index contributed by atoms with van der Waals surface area (Å²) in [5.41, 5.74) is 0. The molecule has 0 radical (unpaired) electrons. The number of halogens is 2. The molecule has 1 aliphatic rings. The smallest absolute Gasteiger partial charge is 0.222 e. The monoisotopic (exact) mass is 245 g/mol. The predicted molar refractivity (Wildman–Crippen MR) is 62.6 cm³/mol. The Hall–Kier alpha value is -0.540. The van der Waals surface area contributed by atoms with Crippen molar-refractivity contribution in [2.45, 2.75) is 37.1 Å². The fraction of sp³-hybridized carbons (Fsp3) is 0.600. The summed E-state index contributed by atoms with van der Waals surface area (Å²) in [4.78, 5) is 8.19. The summed E-state index contributed by atoms with van der Waals surface area (Å²) in [7, 11) is 0. The van der Waals surface area contributed by atoms with Crippen LogP contribution in [0.5, 0.6) is 0 Å². The first-order valence-electron chi connectivity index (χ1n) is 5.14. The fourth-order valence-electron chi connectivity index (χ4n) is 1.80. The maximum Gasteiger partial charge on any atom is 0.222 e. The van der Waals surface area contributed by atoms with Crippen LogP contribution in [0.1, 0.15) is 25.7 Å². The van der Waals surface area contributed by atoms with Crippen LogP contribution in [0.2, 0.25) is 5.02 Å². The molecule has 1 saturated carbocycles. The number of aromatic nitrogens is 2. The molecule has 1 aromatic rings. The summed E-state index contributed by atoms with van der Waals surface area (Å²) >= 11 is 11.9. The van der Waals surface area contributed by atoms with Crippen LogP contribution in [0, 0.1) is 0 Å². The van der Waals surface area contributed by atoms with E-state index in [0.29, 0.717) is 11.0 Å². The molecule has 0 spiro atoms. The molecule has 1 aromatic heterocycles. The zero-order chi connectivity index (χ0) is 10.7. The van der Waals surface area contributed by atoms with Crippen molar-refractivity contribution in [3.05, 3.63) is 17.4 Å². The van der Waals surface area contributed by atoms with E-state index in [1.165, 1.54) is 12.8 Å². The zero-order valence-corrected chi connectivity index (χ0v) is 9.80. The van der Waals surface area contributed by atoms with Crippen molar-refractivity contribution in [1.29, 1.82) is 0 Å². The molecular weight excluding hydrogens is 233 g/mol. The van der Waals surface area contributed by atoms with E-state index in [9.17, 15) is 0 Å². The molecule has 1 aliphatic carbocycles. The Labute approximate surface area is 99.2 Å². The van der Waals surface area contributed by atoms with Crippen LogP contribution in [-0.4, -0.2) is 21.4 Å². The van der Waals surface area contributed by atoms with Crippen LogP contribution in [0.4, 0.5) is 5.95 Å². The van der Waals surface area contributed by atoms with Gasteiger partial charge in [0, 0.05) is 6.04 Å². The Morgan fingerprint density at radius 1 is 1.20 bits per heavy atom. The summed E-state index contributed by atoms with van der Waals surface area (Å²) in [6, 6.07) is 0.279. The molecule has 2 unspecified atom stereocenters. The summed E-state index contributed by atoms with van der Waals surface area (Å²) in [5.74, 6) is 0.608. The van der Waals surface area contributed by atoms with Crippen LogP contribution in [0.25, 0.3) is 0 Å². The highest BCUT2D eigenvalue weighted by Crippen LogP contribution is 2.25. The van der Waals surface area contributed by atoms with Gasteiger partial charge in [-0.2, -0.15) is 0 Å². The molecule has 1 fully saturated rings. The summed E-state index contributed by atoms with van der Waals surface area (Å²) in [5, 5.41) is 3.97. The van der Waals surface area contributed by atoms with Crippen LogP contribution >= 0.6 is 23.2 Å². The van der Waals surface area contributed by atoms with Crippen LogP contribution in [0.15, 0.2) is 12.4 Å². The van der Waals surface area contributed by atoms with Crippen LogP contribution < -0.4 is 5.32 Å². The molecule has 0 aliphatic heterocycles. The largest absolute Gasteiger partial charge is 0.350 e. The number of anilines is 1. The van der Waals surface area contributed by atoms with E-state index in [-0.39, 0.29) is 11.4 Å². The van der Waals surface area contributed by atoms with Gasteiger partial charge in [-0.15, -0.1) is 11.6 Å². The number of alkyl halides is 1. The van der Waals surface area contributed by atoms with Gasteiger partial charge in [-0.05, 0) is 12.8 Å². The molecule has 2 atom stereocenters. The second-order valence-electron chi connectivity index (χ2n) is 3.78. The fourth-order valence-corrected chi connectivity index (χ4v) is 2.24. The maximum absolute atomic E-state index is 6.22.